The van der Waals surface area contributed by atoms with Crippen LogP contribution in [0.5, 0.6) is 6.01 Å². The molecule has 11 heteroatoms. The lowest BCUT2D eigenvalue weighted by Gasteiger charge is -2.13. The van der Waals surface area contributed by atoms with Gasteiger partial charge >= 0.3 is 11.9 Å². The van der Waals surface area contributed by atoms with E-state index in [0.717, 1.165) is 9.13 Å². The third-order valence-electron chi connectivity index (χ3n) is 4.26. The molecule has 0 N–H and O–H groups in total. The highest BCUT2D eigenvalue weighted by molar-refractivity contribution is 6.30. The fraction of sp³-hybridized carbons (Fsp3) is 0.353. The van der Waals surface area contributed by atoms with Crippen LogP contribution in [0.2, 0.25) is 5.02 Å². The van der Waals surface area contributed by atoms with Gasteiger partial charge in [-0.2, -0.15) is 18.2 Å². The summed E-state index contributed by atoms with van der Waals surface area (Å²) in [6, 6.07) is 6.45. The molecule has 0 amide bonds. The molecule has 2 aromatic heterocycles. The fourth-order valence-corrected chi connectivity index (χ4v) is 3.00. The number of halogens is 4. The average molecular weight is 417 g/mol. The number of hydrogen-bond acceptors (Lipinski definition) is 4. The predicted octanol–water partition coefficient (Wildman–Crippen LogP) is 2.56. The molecule has 2 heterocycles. The minimum atomic E-state index is -4.47. The van der Waals surface area contributed by atoms with Crippen molar-refractivity contribution < 1.29 is 17.9 Å². The Kier molecular flexibility index (Phi) is 5.24. The van der Waals surface area contributed by atoms with Gasteiger partial charge in [0.2, 0.25) is 0 Å². The van der Waals surface area contributed by atoms with Crippen LogP contribution < -0.4 is 16.0 Å². The minimum absolute atomic E-state index is 0.0106. The molecular weight excluding hydrogens is 401 g/mol. The number of fused-ring (bicyclic) bond motifs is 1. The Hall–Kier alpha value is -2.75. The van der Waals surface area contributed by atoms with Gasteiger partial charge in [0.05, 0.1) is 20.1 Å². The van der Waals surface area contributed by atoms with Crippen molar-refractivity contribution >= 4 is 22.8 Å². The minimum Gasteiger partial charge on any atom is -0.468 e. The highest BCUT2D eigenvalue weighted by Crippen LogP contribution is 2.22. The van der Waals surface area contributed by atoms with E-state index in [0.29, 0.717) is 10.6 Å². The first-order valence-electron chi connectivity index (χ1n) is 8.17. The van der Waals surface area contributed by atoms with Crippen molar-refractivity contribution in [3.8, 4) is 6.01 Å². The number of nitrogens with zero attached hydrogens (tertiary/aromatic N) is 4. The van der Waals surface area contributed by atoms with Crippen LogP contribution in [0.25, 0.3) is 11.2 Å². The van der Waals surface area contributed by atoms with Gasteiger partial charge in [-0.25, -0.2) is 4.79 Å². The van der Waals surface area contributed by atoms with Gasteiger partial charge in [-0.3, -0.25) is 18.5 Å². The number of methoxy groups -OCH3 is 1. The van der Waals surface area contributed by atoms with E-state index >= 15 is 0 Å². The summed E-state index contributed by atoms with van der Waals surface area (Å²) in [6.07, 6.45) is -5.71. The van der Waals surface area contributed by atoms with E-state index in [9.17, 15) is 22.8 Å². The molecule has 1 aromatic carbocycles. The molecule has 0 bridgehead atoms. The Morgan fingerprint density at radius 2 is 1.79 bits per heavy atom. The number of rotatable bonds is 5. The summed E-state index contributed by atoms with van der Waals surface area (Å²) >= 11 is 5.84. The third-order valence-corrected chi connectivity index (χ3v) is 4.51. The third kappa shape index (κ3) is 3.77. The molecule has 3 rings (SSSR count). The summed E-state index contributed by atoms with van der Waals surface area (Å²) in [5, 5.41) is 0.477. The molecule has 28 heavy (non-hydrogen) atoms. The molecule has 0 aliphatic heterocycles. The standard InChI is InChI=1S/C17H16ClF3N4O3/c1-23-12-13(22-15(23)28-2)24(8-7-17(19,20)21)16(27)25(14(12)26)9-10-3-5-11(18)6-4-10/h3-6H,7-9H2,1-2H3. The van der Waals surface area contributed by atoms with Gasteiger partial charge in [0.25, 0.3) is 11.6 Å². The molecule has 0 atom stereocenters. The van der Waals surface area contributed by atoms with Gasteiger partial charge in [0.1, 0.15) is 0 Å². The first kappa shape index (κ1) is 20.0. The van der Waals surface area contributed by atoms with Crippen molar-refractivity contribution in [3.63, 3.8) is 0 Å². The fourth-order valence-electron chi connectivity index (χ4n) is 2.88. The molecule has 0 saturated carbocycles. The summed E-state index contributed by atoms with van der Waals surface area (Å²) in [4.78, 5) is 29.8. The van der Waals surface area contributed by atoms with Crippen LogP contribution in [0.3, 0.4) is 0 Å². The van der Waals surface area contributed by atoms with Crippen molar-refractivity contribution in [1.29, 1.82) is 0 Å². The van der Waals surface area contributed by atoms with Crippen molar-refractivity contribution in [3.05, 3.63) is 55.7 Å². The van der Waals surface area contributed by atoms with E-state index in [1.165, 1.54) is 18.7 Å². The SMILES string of the molecule is COc1nc2c(c(=O)n(Cc3ccc(Cl)cc3)c(=O)n2CCC(F)(F)F)n1C. The summed E-state index contributed by atoms with van der Waals surface area (Å²) in [5.41, 5.74) is -1.12. The highest BCUT2D eigenvalue weighted by atomic mass is 35.5. The zero-order chi connectivity index (χ0) is 20.6. The van der Waals surface area contributed by atoms with Gasteiger partial charge in [-0.15, -0.1) is 0 Å². The Morgan fingerprint density at radius 1 is 1.14 bits per heavy atom. The number of alkyl halides is 3. The van der Waals surface area contributed by atoms with Crippen molar-refractivity contribution in [2.24, 2.45) is 7.05 Å². The maximum Gasteiger partial charge on any atom is 0.390 e. The Labute approximate surface area is 161 Å². The quantitative estimate of drug-likeness (QED) is 0.641. The van der Waals surface area contributed by atoms with Crippen molar-refractivity contribution in [1.82, 2.24) is 18.7 Å². The first-order valence-corrected chi connectivity index (χ1v) is 8.55. The summed E-state index contributed by atoms with van der Waals surface area (Å²) in [5.74, 6) is 0. The Bertz CT molecular complexity index is 1130. The van der Waals surface area contributed by atoms with Crippen LogP contribution in [0.1, 0.15) is 12.0 Å². The molecular formula is C17H16ClF3N4O3. The number of aryl methyl sites for hydroxylation is 2. The van der Waals surface area contributed by atoms with Crippen LogP contribution in [0, 0.1) is 0 Å². The van der Waals surface area contributed by atoms with E-state index in [-0.39, 0.29) is 23.7 Å². The topological polar surface area (TPSA) is 71.1 Å². The summed E-state index contributed by atoms with van der Waals surface area (Å²) in [6.45, 7) is -0.788. The molecule has 7 nitrogen and oxygen atoms in total. The molecule has 3 aromatic rings. The second-order valence-electron chi connectivity index (χ2n) is 6.15. The van der Waals surface area contributed by atoms with Crippen LogP contribution in [-0.2, 0) is 20.1 Å². The molecule has 0 radical (unpaired) electrons. The van der Waals surface area contributed by atoms with Gasteiger partial charge in [-0.1, -0.05) is 23.7 Å². The summed E-state index contributed by atoms with van der Waals surface area (Å²) < 4.78 is 46.3. The summed E-state index contributed by atoms with van der Waals surface area (Å²) in [7, 11) is 2.80. The molecule has 0 aliphatic rings. The largest absolute Gasteiger partial charge is 0.468 e. The lowest BCUT2D eigenvalue weighted by molar-refractivity contribution is -0.136. The molecule has 0 saturated heterocycles. The van der Waals surface area contributed by atoms with Gasteiger partial charge in [0.15, 0.2) is 11.2 Å². The number of hydrogen-bond donors (Lipinski definition) is 0. The lowest BCUT2D eigenvalue weighted by atomic mass is 10.2. The Balaban J connectivity index is 2.22. The number of benzene rings is 1. The van der Waals surface area contributed by atoms with Crippen LogP contribution >= 0.6 is 11.6 Å². The molecule has 150 valence electrons. The number of ether oxygens (including phenoxy) is 1. The van der Waals surface area contributed by atoms with E-state index in [2.05, 4.69) is 4.98 Å². The smallest absolute Gasteiger partial charge is 0.390 e. The van der Waals surface area contributed by atoms with Crippen molar-refractivity contribution in [2.45, 2.75) is 25.7 Å². The molecule has 0 spiro atoms. The molecule has 0 unspecified atom stereocenters. The normalized spacial score (nSPS) is 11.9. The zero-order valence-electron chi connectivity index (χ0n) is 15.0. The lowest BCUT2D eigenvalue weighted by Crippen LogP contribution is -2.41. The van der Waals surface area contributed by atoms with E-state index in [4.69, 9.17) is 16.3 Å². The number of imidazole rings is 1. The molecule has 0 fully saturated rings. The Morgan fingerprint density at radius 3 is 2.36 bits per heavy atom. The second-order valence-corrected chi connectivity index (χ2v) is 6.58. The highest BCUT2D eigenvalue weighted by Gasteiger charge is 2.29. The van der Waals surface area contributed by atoms with Crippen LogP contribution in [0.4, 0.5) is 13.2 Å². The maximum atomic E-state index is 12.9. The zero-order valence-corrected chi connectivity index (χ0v) is 15.7. The monoisotopic (exact) mass is 416 g/mol. The number of aromatic nitrogens is 4. The predicted molar refractivity (Wildman–Crippen MR) is 97.0 cm³/mol. The maximum absolute atomic E-state index is 12.9. The van der Waals surface area contributed by atoms with Gasteiger partial charge < -0.3 is 4.74 Å². The van der Waals surface area contributed by atoms with Gasteiger partial charge in [-0.05, 0) is 17.7 Å². The second kappa shape index (κ2) is 7.34. The van der Waals surface area contributed by atoms with Crippen LogP contribution in [-0.4, -0.2) is 32.0 Å². The average Bonchev–Trinajstić information content (AvgIpc) is 2.95. The molecule has 0 aliphatic carbocycles. The van der Waals surface area contributed by atoms with E-state index in [1.807, 2.05) is 0 Å². The van der Waals surface area contributed by atoms with Gasteiger partial charge in [0, 0.05) is 18.6 Å². The first-order chi connectivity index (χ1) is 13.1. The van der Waals surface area contributed by atoms with Crippen LogP contribution in [0.15, 0.2) is 33.9 Å². The van der Waals surface area contributed by atoms with E-state index < -0.39 is 30.4 Å². The van der Waals surface area contributed by atoms with Crippen molar-refractivity contribution in [2.75, 3.05) is 7.11 Å². The van der Waals surface area contributed by atoms with E-state index in [1.54, 1.807) is 24.3 Å².